The van der Waals surface area contributed by atoms with Crippen molar-refractivity contribution in [2.24, 2.45) is 0 Å². The molecule has 0 amide bonds. The highest BCUT2D eigenvalue weighted by Gasteiger charge is 1.96. The van der Waals surface area contributed by atoms with Crippen LogP contribution in [0.4, 0.5) is 5.69 Å². The Bertz CT molecular complexity index is 291. The van der Waals surface area contributed by atoms with E-state index < -0.39 is 0 Å². The van der Waals surface area contributed by atoms with E-state index in [9.17, 15) is 0 Å². The monoisotopic (exact) mass is 178 g/mol. The highest BCUT2D eigenvalue weighted by molar-refractivity contribution is 7.99. The zero-order valence-corrected chi connectivity index (χ0v) is 7.47. The maximum absolute atomic E-state index is 8.32. The van der Waals surface area contributed by atoms with Crippen LogP contribution in [0.1, 0.15) is 6.42 Å². The number of nitrogen functional groups attached to an aromatic ring is 1. The normalized spacial score (nSPS) is 9.25. The van der Waals surface area contributed by atoms with Gasteiger partial charge in [-0.05, 0) is 12.1 Å². The molecule has 2 nitrogen and oxygen atoms in total. The Morgan fingerprint density at radius 1 is 1.42 bits per heavy atom. The Balaban J connectivity index is 2.53. The first-order chi connectivity index (χ1) is 5.84. The van der Waals surface area contributed by atoms with Gasteiger partial charge in [-0.3, -0.25) is 0 Å². The van der Waals surface area contributed by atoms with Gasteiger partial charge in [0.25, 0.3) is 0 Å². The molecule has 62 valence electrons. The molecule has 0 spiro atoms. The van der Waals surface area contributed by atoms with Gasteiger partial charge in [0, 0.05) is 22.8 Å². The van der Waals surface area contributed by atoms with Crippen molar-refractivity contribution in [3.8, 4) is 6.07 Å². The maximum Gasteiger partial charge on any atom is 0.0630 e. The van der Waals surface area contributed by atoms with E-state index in [0.29, 0.717) is 6.42 Å². The molecule has 0 atom stereocenters. The molecule has 0 radical (unpaired) electrons. The van der Waals surface area contributed by atoms with E-state index in [0.717, 1.165) is 16.3 Å². The molecular formula is C9H10N2S. The van der Waals surface area contributed by atoms with Crippen molar-refractivity contribution in [3.63, 3.8) is 0 Å². The third kappa shape index (κ3) is 2.48. The molecule has 0 saturated carbocycles. The van der Waals surface area contributed by atoms with Crippen LogP contribution in [-0.2, 0) is 0 Å². The minimum Gasteiger partial charge on any atom is -0.398 e. The van der Waals surface area contributed by atoms with Gasteiger partial charge >= 0.3 is 0 Å². The zero-order chi connectivity index (χ0) is 8.81. The fraction of sp³-hybridized carbons (Fsp3) is 0.222. The highest BCUT2D eigenvalue weighted by Crippen LogP contribution is 2.24. The Kier molecular flexibility index (Phi) is 3.49. The summed E-state index contributed by atoms with van der Waals surface area (Å²) in [6.07, 6.45) is 0.568. The molecule has 0 unspecified atom stereocenters. The van der Waals surface area contributed by atoms with Gasteiger partial charge in [-0.15, -0.1) is 11.8 Å². The van der Waals surface area contributed by atoms with E-state index in [-0.39, 0.29) is 0 Å². The number of para-hydroxylation sites is 1. The van der Waals surface area contributed by atoms with Gasteiger partial charge in [0.05, 0.1) is 6.07 Å². The van der Waals surface area contributed by atoms with Crippen molar-refractivity contribution in [1.29, 1.82) is 5.26 Å². The summed E-state index contributed by atoms with van der Waals surface area (Å²) in [6.45, 7) is 0. The van der Waals surface area contributed by atoms with Crippen molar-refractivity contribution in [2.75, 3.05) is 11.5 Å². The van der Waals surface area contributed by atoms with Gasteiger partial charge in [0.15, 0.2) is 0 Å². The van der Waals surface area contributed by atoms with Crippen LogP contribution in [0, 0.1) is 11.3 Å². The van der Waals surface area contributed by atoms with E-state index in [2.05, 4.69) is 6.07 Å². The standard InChI is InChI=1S/C9H10N2S/c10-6-3-7-12-9-5-2-1-4-8(9)11/h1-2,4-5H,3,7,11H2. The number of rotatable bonds is 3. The van der Waals surface area contributed by atoms with E-state index in [1.807, 2.05) is 24.3 Å². The third-order valence-electron chi connectivity index (χ3n) is 1.39. The first-order valence-electron chi connectivity index (χ1n) is 3.69. The zero-order valence-electron chi connectivity index (χ0n) is 6.66. The summed E-state index contributed by atoms with van der Waals surface area (Å²) >= 11 is 1.62. The first-order valence-corrected chi connectivity index (χ1v) is 4.67. The van der Waals surface area contributed by atoms with Crippen LogP contribution in [0.5, 0.6) is 0 Å². The summed E-state index contributed by atoms with van der Waals surface area (Å²) in [5.74, 6) is 0.810. The maximum atomic E-state index is 8.32. The summed E-state index contributed by atoms with van der Waals surface area (Å²) in [5, 5.41) is 8.32. The quantitative estimate of drug-likeness (QED) is 0.439. The molecule has 1 aromatic rings. The molecule has 0 aliphatic heterocycles. The molecule has 0 fully saturated rings. The van der Waals surface area contributed by atoms with Crippen LogP contribution >= 0.6 is 11.8 Å². The number of benzene rings is 1. The number of nitrogens with zero attached hydrogens (tertiary/aromatic N) is 1. The number of thioether (sulfide) groups is 1. The van der Waals surface area contributed by atoms with Crippen LogP contribution < -0.4 is 5.73 Å². The second kappa shape index (κ2) is 4.68. The summed E-state index contributed by atoms with van der Waals surface area (Å²) in [5.41, 5.74) is 6.49. The van der Waals surface area contributed by atoms with Crippen LogP contribution in [-0.4, -0.2) is 5.75 Å². The lowest BCUT2D eigenvalue weighted by Gasteiger charge is -2.01. The largest absolute Gasteiger partial charge is 0.398 e. The average molecular weight is 178 g/mol. The molecule has 2 N–H and O–H groups in total. The van der Waals surface area contributed by atoms with Gasteiger partial charge in [-0.25, -0.2) is 0 Å². The van der Waals surface area contributed by atoms with Gasteiger partial charge in [-0.2, -0.15) is 5.26 Å². The minimum atomic E-state index is 0.568. The Morgan fingerprint density at radius 3 is 2.83 bits per heavy atom. The second-order valence-corrected chi connectivity index (χ2v) is 3.43. The first kappa shape index (κ1) is 8.95. The smallest absolute Gasteiger partial charge is 0.0630 e. The molecule has 1 rings (SSSR count). The molecule has 0 bridgehead atoms. The lowest BCUT2D eigenvalue weighted by atomic mass is 10.3. The lowest BCUT2D eigenvalue weighted by Crippen LogP contribution is -1.87. The molecule has 0 aromatic heterocycles. The molecule has 3 heteroatoms. The van der Waals surface area contributed by atoms with Crippen LogP contribution in [0.15, 0.2) is 29.2 Å². The van der Waals surface area contributed by atoms with Crippen LogP contribution in [0.25, 0.3) is 0 Å². The fourth-order valence-corrected chi connectivity index (χ4v) is 1.64. The highest BCUT2D eigenvalue weighted by atomic mass is 32.2. The van der Waals surface area contributed by atoms with Crippen LogP contribution in [0.2, 0.25) is 0 Å². The lowest BCUT2D eigenvalue weighted by molar-refractivity contribution is 1.23. The summed E-state index contributed by atoms with van der Waals surface area (Å²) in [4.78, 5) is 1.06. The molecule has 12 heavy (non-hydrogen) atoms. The fourth-order valence-electron chi connectivity index (χ4n) is 0.819. The number of hydrogen-bond acceptors (Lipinski definition) is 3. The molecule has 0 heterocycles. The van der Waals surface area contributed by atoms with E-state index in [1.54, 1.807) is 11.8 Å². The molecule has 0 aliphatic carbocycles. The summed E-state index contributed by atoms with van der Waals surface area (Å²) in [7, 11) is 0. The Morgan fingerprint density at radius 2 is 2.17 bits per heavy atom. The van der Waals surface area contributed by atoms with Crippen LogP contribution in [0.3, 0.4) is 0 Å². The Labute approximate surface area is 76.4 Å². The number of nitrogens with two attached hydrogens (primary N) is 1. The van der Waals surface area contributed by atoms with Crippen molar-refractivity contribution < 1.29 is 0 Å². The second-order valence-electron chi connectivity index (χ2n) is 2.29. The predicted octanol–water partition coefficient (Wildman–Crippen LogP) is 2.27. The van der Waals surface area contributed by atoms with Crippen molar-refractivity contribution in [1.82, 2.24) is 0 Å². The topological polar surface area (TPSA) is 49.8 Å². The SMILES string of the molecule is N#CCCSc1ccccc1N. The van der Waals surface area contributed by atoms with E-state index in [1.165, 1.54) is 0 Å². The summed E-state index contributed by atoms with van der Waals surface area (Å²) in [6, 6.07) is 9.79. The molecule has 1 aromatic carbocycles. The molecule has 0 saturated heterocycles. The average Bonchev–Trinajstić information content (AvgIpc) is 2.09. The van der Waals surface area contributed by atoms with E-state index in [4.69, 9.17) is 11.0 Å². The van der Waals surface area contributed by atoms with Gasteiger partial charge in [-0.1, -0.05) is 12.1 Å². The molecular weight excluding hydrogens is 168 g/mol. The Hall–Kier alpha value is -1.14. The van der Waals surface area contributed by atoms with Crippen molar-refractivity contribution >= 4 is 17.4 Å². The number of hydrogen-bond donors (Lipinski definition) is 1. The van der Waals surface area contributed by atoms with Gasteiger partial charge in [0.1, 0.15) is 0 Å². The van der Waals surface area contributed by atoms with Crippen molar-refractivity contribution in [2.45, 2.75) is 11.3 Å². The number of anilines is 1. The minimum absolute atomic E-state index is 0.568. The van der Waals surface area contributed by atoms with Gasteiger partial charge in [0.2, 0.25) is 0 Å². The molecule has 0 aliphatic rings. The predicted molar refractivity (Wildman–Crippen MR) is 51.8 cm³/mol. The third-order valence-corrected chi connectivity index (χ3v) is 2.48. The van der Waals surface area contributed by atoms with Crippen molar-refractivity contribution in [3.05, 3.63) is 24.3 Å². The van der Waals surface area contributed by atoms with Gasteiger partial charge < -0.3 is 5.73 Å². The number of nitriles is 1. The van der Waals surface area contributed by atoms with E-state index >= 15 is 0 Å². The summed E-state index contributed by atoms with van der Waals surface area (Å²) < 4.78 is 0.